The third kappa shape index (κ3) is 3.80. The van der Waals surface area contributed by atoms with Crippen LogP contribution in [0, 0.1) is 10.1 Å². The van der Waals surface area contributed by atoms with E-state index in [-0.39, 0.29) is 11.7 Å². The van der Waals surface area contributed by atoms with Crippen LogP contribution in [0.5, 0.6) is 0 Å². The highest BCUT2D eigenvalue weighted by Gasteiger charge is 2.33. The Morgan fingerprint density at radius 3 is 2.76 bits per heavy atom. The second-order valence-corrected chi connectivity index (χ2v) is 5.87. The smallest absolute Gasteiger partial charge is 0.407 e. The molecule has 0 aromatic carbocycles. The molecular formula is C13H18N4O4. The first-order valence-corrected chi connectivity index (χ1v) is 6.59. The van der Waals surface area contributed by atoms with Gasteiger partial charge in [-0.1, -0.05) is 0 Å². The van der Waals surface area contributed by atoms with E-state index in [1.54, 1.807) is 26.8 Å². The minimum atomic E-state index is -0.544. The first-order chi connectivity index (χ1) is 9.76. The van der Waals surface area contributed by atoms with E-state index in [1.807, 2.05) is 4.90 Å². The summed E-state index contributed by atoms with van der Waals surface area (Å²) in [5.41, 5.74) is -0.0670. The van der Waals surface area contributed by atoms with Crippen molar-refractivity contribution in [3.05, 3.63) is 28.6 Å². The second kappa shape index (κ2) is 5.55. The fraction of sp³-hybridized carbons (Fsp3) is 0.538. The van der Waals surface area contributed by atoms with E-state index in [9.17, 15) is 14.9 Å². The van der Waals surface area contributed by atoms with Crippen LogP contribution in [0.3, 0.4) is 0 Å². The molecule has 1 amide bonds. The Bertz CT molecular complexity index is 549. The van der Waals surface area contributed by atoms with Crippen LogP contribution in [0.25, 0.3) is 0 Å². The lowest BCUT2D eigenvalue weighted by Gasteiger charge is -2.40. The van der Waals surface area contributed by atoms with Gasteiger partial charge < -0.3 is 15.0 Å². The standard InChI is InChI=1S/C13H18N4O4/c1-13(2,3)21-12(18)15-9-7-16(8-9)10-4-5-14-6-11(10)17(19)20/h4-6,9H,7-8H2,1-3H3,(H,15,18). The van der Waals surface area contributed by atoms with Gasteiger partial charge in [0.1, 0.15) is 17.5 Å². The third-order valence-corrected chi connectivity index (χ3v) is 2.92. The van der Waals surface area contributed by atoms with Gasteiger partial charge >= 0.3 is 11.8 Å². The Kier molecular flexibility index (Phi) is 3.97. The molecular weight excluding hydrogens is 276 g/mol. The quantitative estimate of drug-likeness (QED) is 0.673. The Morgan fingerprint density at radius 2 is 2.19 bits per heavy atom. The average molecular weight is 294 g/mol. The molecule has 0 bridgehead atoms. The molecule has 1 fully saturated rings. The summed E-state index contributed by atoms with van der Waals surface area (Å²) in [7, 11) is 0. The predicted molar refractivity (Wildman–Crippen MR) is 76.3 cm³/mol. The van der Waals surface area contributed by atoms with Crippen molar-refractivity contribution < 1.29 is 14.5 Å². The highest BCUT2D eigenvalue weighted by Crippen LogP contribution is 2.30. The maximum Gasteiger partial charge on any atom is 0.407 e. The number of pyridine rings is 1. The highest BCUT2D eigenvalue weighted by molar-refractivity contribution is 5.70. The molecule has 0 unspecified atom stereocenters. The van der Waals surface area contributed by atoms with Crippen molar-refractivity contribution in [3.63, 3.8) is 0 Å². The van der Waals surface area contributed by atoms with E-state index in [2.05, 4.69) is 10.3 Å². The van der Waals surface area contributed by atoms with Crippen LogP contribution < -0.4 is 10.2 Å². The lowest BCUT2D eigenvalue weighted by atomic mass is 10.1. The molecule has 114 valence electrons. The molecule has 0 saturated carbocycles. The number of anilines is 1. The van der Waals surface area contributed by atoms with Crippen LogP contribution in [0.1, 0.15) is 20.8 Å². The van der Waals surface area contributed by atoms with Crippen molar-refractivity contribution in [2.45, 2.75) is 32.4 Å². The number of carbonyl (C=O) groups excluding carboxylic acids is 1. The van der Waals surface area contributed by atoms with E-state index in [0.717, 1.165) is 0 Å². The molecule has 8 heteroatoms. The highest BCUT2D eigenvalue weighted by atomic mass is 16.6. The monoisotopic (exact) mass is 294 g/mol. The number of nitrogens with one attached hydrogen (secondary N) is 1. The van der Waals surface area contributed by atoms with Crippen LogP contribution in [0.4, 0.5) is 16.2 Å². The van der Waals surface area contributed by atoms with Gasteiger partial charge in [0.2, 0.25) is 0 Å². The molecule has 1 aromatic rings. The fourth-order valence-electron chi connectivity index (χ4n) is 2.03. The number of aromatic nitrogens is 1. The van der Waals surface area contributed by atoms with Crippen molar-refractivity contribution >= 4 is 17.5 Å². The van der Waals surface area contributed by atoms with E-state index in [1.165, 1.54) is 12.4 Å². The summed E-state index contributed by atoms with van der Waals surface area (Å²) >= 11 is 0. The van der Waals surface area contributed by atoms with Gasteiger partial charge in [-0.25, -0.2) is 4.79 Å². The SMILES string of the molecule is CC(C)(C)OC(=O)NC1CN(c2ccncc2[N+](=O)[O-])C1. The largest absolute Gasteiger partial charge is 0.444 e. The Morgan fingerprint density at radius 1 is 1.52 bits per heavy atom. The maximum absolute atomic E-state index is 11.6. The van der Waals surface area contributed by atoms with E-state index in [0.29, 0.717) is 18.8 Å². The number of nitro groups is 1. The molecule has 0 aliphatic carbocycles. The first-order valence-electron chi connectivity index (χ1n) is 6.59. The van der Waals surface area contributed by atoms with Crippen LogP contribution in [-0.4, -0.2) is 40.7 Å². The van der Waals surface area contributed by atoms with Crippen molar-refractivity contribution in [2.24, 2.45) is 0 Å². The number of ether oxygens (including phenoxy) is 1. The number of alkyl carbamates (subject to hydrolysis) is 1. The summed E-state index contributed by atoms with van der Waals surface area (Å²) in [6, 6.07) is 1.52. The van der Waals surface area contributed by atoms with E-state index < -0.39 is 16.6 Å². The molecule has 8 nitrogen and oxygen atoms in total. The molecule has 2 rings (SSSR count). The van der Waals surface area contributed by atoms with Gasteiger partial charge in [-0.05, 0) is 26.8 Å². The lowest BCUT2D eigenvalue weighted by molar-refractivity contribution is -0.384. The number of hydrogen-bond acceptors (Lipinski definition) is 6. The zero-order chi connectivity index (χ0) is 15.6. The molecule has 2 heterocycles. The minimum Gasteiger partial charge on any atom is -0.444 e. The fourth-order valence-corrected chi connectivity index (χ4v) is 2.03. The van der Waals surface area contributed by atoms with Gasteiger partial charge in [-0.2, -0.15) is 0 Å². The van der Waals surface area contributed by atoms with Gasteiger partial charge in [0.25, 0.3) is 0 Å². The molecule has 1 saturated heterocycles. The molecule has 0 spiro atoms. The summed E-state index contributed by atoms with van der Waals surface area (Å²) in [5, 5.41) is 13.7. The molecule has 0 atom stereocenters. The van der Waals surface area contributed by atoms with Gasteiger partial charge in [0.05, 0.1) is 11.0 Å². The number of amides is 1. The van der Waals surface area contributed by atoms with Gasteiger partial charge in [0, 0.05) is 19.3 Å². The van der Waals surface area contributed by atoms with Crippen molar-refractivity contribution in [3.8, 4) is 0 Å². The topological polar surface area (TPSA) is 97.6 Å². The van der Waals surface area contributed by atoms with Crippen LogP contribution in [0.15, 0.2) is 18.5 Å². The summed E-state index contributed by atoms with van der Waals surface area (Å²) < 4.78 is 5.16. The Labute approximate surface area is 122 Å². The first kappa shape index (κ1) is 15.0. The molecule has 1 aliphatic heterocycles. The van der Waals surface area contributed by atoms with Crippen LogP contribution >= 0.6 is 0 Å². The Balaban J connectivity index is 1.90. The summed E-state index contributed by atoms with van der Waals surface area (Å²) in [5.74, 6) is 0. The number of hydrogen-bond donors (Lipinski definition) is 1. The average Bonchev–Trinajstić information content (AvgIpc) is 2.31. The zero-order valence-corrected chi connectivity index (χ0v) is 12.2. The second-order valence-electron chi connectivity index (χ2n) is 5.87. The van der Waals surface area contributed by atoms with Crippen LogP contribution in [0.2, 0.25) is 0 Å². The molecule has 1 aromatic heterocycles. The van der Waals surface area contributed by atoms with Crippen molar-refractivity contribution in [1.29, 1.82) is 0 Å². The number of rotatable bonds is 3. The number of carbonyl (C=O) groups is 1. The normalized spacial score (nSPS) is 15.3. The predicted octanol–water partition coefficient (Wildman–Crippen LogP) is 1.70. The molecule has 1 N–H and O–H groups in total. The zero-order valence-electron chi connectivity index (χ0n) is 12.2. The molecule has 21 heavy (non-hydrogen) atoms. The Hall–Kier alpha value is -2.38. The summed E-state index contributed by atoms with van der Waals surface area (Å²) in [6.07, 6.45) is 2.26. The number of nitrogens with zero attached hydrogens (tertiary/aromatic N) is 3. The van der Waals surface area contributed by atoms with E-state index >= 15 is 0 Å². The molecule has 0 radical (unpaired) electrons. The van der Waals surface area contributed by atoms with Gasteiger partial charge in [-0.15, -0.1) is 0 Å². The van der Waals surface area contributed by atoms with Gasteiger partial charge in [0.15, 0.2) is 0 Å². The molecule has 1 aliphatic rings. The maximum atomic E-state index is 11.6. The minimum absolute atomic E-state index is 0.0341. The van der Waals surface area contributed by atoms with Crippen molar-refractivity contribution in [1.82, 2.24) is 10.3 Å². The summed E-state index contributed by atoms with van der Waals surface area (Å²) in [4.78, 5) is 27.7. The van der Waals surface area contributed by atoms with Crippen molar-refractivity contribution in [2.75, 3.05) is 18.0 Å². The third-order valence-electron chi connectivity index (χ3n) is 2.92. The summed E-state index contributed by atoms with van der Waals surface area (Å²) in [6.45, 7) is 6.38. The lowest BCUT2D eigenvalue weighted by Crippen LogP contribution is -2.60. The van der Waals surface area contributed by atoms with Gasteiger partial charge in [-0.3, -0.25) is 15.1 Å². The van der Waals surface area contributed by atoms with E-state index in [4.69, 9.17) is 4.74 Å². The van der Waals surface area contributed by atoms with Crippen LogP contribution in [-0.2, 0) is 4.74 Å².